The van der Waals surface area contributed by atoms with Crippen LogP contribution >= 0.6 is 0 Å². The molecule has 2 fully saturated rings. The van der Waals surface area contributed by atoms with Gasteiger partial charge in [-0.15, -0.1) is 0 Å². The van der Waals surface area contributed by atoms with Crippen molar-refractivity contribution in [2.24, 2.45) is 23.2 Å². The van der Waals surface area contributed by atoms with Gasteiger partial charge in [-0.25, -0.2) is 0 Å². The Labute approximate surface area is 121 Å². The van der Waals surface area contributed by atoms with Crippen molar-refractivity contribution in [3.8, 4) is 0 Å². The zero-order valence-electron chi connectivity index (χ0n) is 12.5. The van der Waals surface area contributed by atoms with Crippen molar-refractivity contribution < 1.29 is 9.90 Å². The second-order valence-electron chi connectivity index (χ2n) is 7.90. The summed E-state index contributed by atoms with van der Waals surface area (Å²) in [6.45, 7) is 2.33. The fourth-order valence-corrected chi connectivity index (χ4v) is 6.02. The molecular weight excluding hydrogens is 248 g/mol. The number of ketones is 1. The molecule has 0 unspecified atom stereocenters. The first-order chi connectivity index (χ1) is 9.59. The summed E-state index contributed by atoms with van der Waals surface area (Å²) in [4.78, 5) is 11.7. The number of hydrogen-bond acceptors (Lipinski definition) is 2. The lowest BCUT2D eigenvalue weighted by atomic mass is 9.54. The Balaban J connectivity index is 1.65. The van der Waals surface area contributed by atoms with E-state index in [0.29, 0.717) is 5.78 Å². The van der Waals surface area contributed by atoms with E-state index in [2.05, 4.69) is 6.92 Å². The molecule has 5 atom stereocenters. The average Bonchev–Trinajstić information content (AvgIpc) is 2.74. The molecule has 0 aromatic carbocycles. The van der Waals surface area contributed by atoms with E-state index < -0.39 is 0 Å². The molecule has 4 rings (SSSR count). The molecule has 0 amide bonds. The maximum Gasteiger partial charge on any atom is 0.137 e. The third kappa shape index (κ3) is 1.70. The van der Waals surface area contributed by atoms with Crippen LogP contribution in [0.2, 0.25) is 0 Å². The van der Waals surface area contributed by atoms with E-state index in [-0.39, 0.29) is 11.5 Å². The van der Waals surface area contributed by atoms with Crippen LogP contribution in [0.15, 0.2) is 11.1 Å². The van der Waals surface area contributed by atoms with Crippen molar-refractivity contribution in [3.63, 3.8) is 0 Å². The first kappa shape index (κ1) is 13.1. The zero-order valence-corrected chi connectivity index (χ0v) is 12.5. The predicted molar refractivity (Wildman–Crippen MR) is 78.2 cm³/mol. The number of rotatable bonds is 0. The molecule has 110 valence electrons. The van der Waals surface area contributed by atoms with Gasteiger partial charge in [0.15, 0.2) is 0 Å². The summed E-state index contributed by atoms with van der Waals surface area (Å²) in [6, 6.07) is 0. The lowest BCUT2D eigenvalue weighted by Crippen LogP contribution is -2.45. The monoisotopic (exact) mass is 274 g/mol. The highest BCUT2D eigenvalue weighted by atomic mass is 16.3. The van der Waals surface area contributed by atoms with Crippen molar-refractivity contribution in [2.75, 3.05) is 0 Å². The molecule has 2 heteroatoms. The Morgan fingerprint density at radius 3 is 2.80 bits per heavy atom. The summed E-state index contributed by atoms with van der Waals surface area (Å²) in [5.41, 5.74) is 3.36. The number of carbonyl (C=O) groups excluding carboxylic acids is 1. The highest BCUT2D eigenvalue weighted by molar-refractivity contribution is 5.82. The summed E-state index contributed by atoms with van der Waals surface area (Å²) in [5.74, 6) is 2.72. The minimum atomic E-state index is -0.0724. The number of allylic oxidation sites excluding steroid dienone is 2. The maximum absolute atomic E-state index is 11.7. The summed E-state index contributed by atoms with van der Waals surface area (Å²) in [7, 11) is 0. The van der Waals surface area contributed by atoms with Crippen molar-refractivity contribution in [3.05, 3.63) is 11.1 Å². The third-order valence-corrected chi connectivity index (χ3v) is 7.15. The standard InChI is InChI=1S/C18H26O2/c1-18-9-8-14-13-5-3-12(19)10-11(13)2-4-15(14)16(18)6-7-17(18)20/h14-17,20H,2-10H2,1H3/t14-,15-,16+,17+,18+/m1/s1. The van der Waals surface area contributed by atoms with E-state index in [1.54, 1.807) is 5.57 Å². The lowest BCUT2D eigenvalue weighted by Gasteiger charge is -2.51. The zero-order chi connectivity index (χ0) is 13.9. The summed E-state index contributed by atoms with van der Waals surface area (Å²) >= 11 is 0. The number of aliphatic hydroxyl groups excluding tert-OH is 1. The number of carbonyl (C=O) groups is 1. The molecule has 20 heavy (non-hydrogen) atoms. The van der Waals surface area contributed by atoms with E-state index in [4.69, 9.17) is 0 Å². The van der Waals surface area contributed by atoms with Gasteiger partial charge in [-0.1, -0.05) is 18.1 Å². The minimum absolute atomic E-state index is 0.0724. The van der Waals surface area contributed by atoms with Crippen LogP contribution in [0.5, 0.6) is 0 Å². The summed E-state index contributed by atoms with van der Waals surface area (Å²) < 4.78 is 0. The molecule has 2 saturated carbocycles. The minimum Gasteiger partial charge on any atom is -0.393 e. The van der Waals surface area contributed by atoms with Gasteiger partial charge in [-0.05, 0) is 68.1 Å². The Bertz CT molecular complexity index is 478. The van der Waals surface area contributed by atoms with Gasteiger partial charge in [0.25, 0.3) is 0 Å². The Kier molecular flexibility index (Phi) is 2.89. The second kappa shape index (κ2) is 4.43. The fraction of sp³-hybridized carbons (Fsp3) is 0.833. The van der Waals surface area contributed by atoms with Crippen LogP contribution in [-0.4, -0.2) is 17.0 Å². The molecule has 0 radical (unpaired) electrons. The Morgan fingerprint density at radius 2 is 1.95 bits per heavy atom. The van der Waals surface area contributed by atoms with Crippen molar-refractivity contribution >= 4 is 5.78 Å². The SMILES string of the molecule is C[C@]12CC[C@@H]3C4=C(CC[C@H]3[C@@H]1CC[C@@H]2O)CC(=O)CC4. The van der Waals surface area contributed by atoms with Gasteiger partial charge in [0.1, 0.15) is 5.78 Å². The molecular formula is C18H26O2. The molecule has 0 spiro atoms. The largest absolute Gasteiger partial charge is 0.393 e. The van der Waals surface area contributed by atoms with Crippen LogP contribution in [0.4, 0.5) is 0 Å². The molecule has 1 N–H and O–H groups in total. The van der Waals surface area contributed by atoms with Gasteiger partial charge in [0, 0.05) is 12.8 Å². The molecule has 0 saturated heterocycles. The normalized spacial score (nSPS) is 47.8. The van der Waals surface area contributed by atoms with E-state index >= 15 is 0 Å². The van der Waals surface area contributed by atoms with Gasteiger partial charge < -0.3 is 5.11 Å². The molecule has 0 aromatic heterocycles. The molecule has 4 aliphatic carbocycles. The van der Waals surface area contributed by atoms with Crippen molar-refractivity contribution in [1.82, 2.24) is 0 Å². The molecule has 0 heterocycles. The van der Waals surface area contributed by atoms with Crippen LogP contribution in [0.25, 0.3) is 0 Å². The number of aliphatic hydroxyl groups is 1. The lowest BCUT2D eigenvalue weighted by molar-refractivity contribution is -0.119. The third-order valence-electron chi connectivity index (χ3n) is 7.15. The Hall–Kier alpha value is -0.630. The summed E-state index contributed by atoms with van der Waals surface area (Å²) in [5, 5.41) is 10.4. The molecule has 0 aliphatic heterocycles. The van der Waals surface area contributed by atoms with Crippen LogP contribution in [-0.2, 0) is 4.79 Å². The number of Topliss-reactive ketones (excluding diaryl/α,β-unsaturated/α-hetero) is 1. The van der Waals surface area contributed by atoms with E-state index in [1.807, 2.05) is 0 Å². The van der Waals surface area contributed by atoms with Crippen molar-refractivity contribution in [1.29, 1.82) is 0 Å². The van der Waals surface area contributed by atoms with Crippen molar-refractivity contribution in [2.45, 2.75) is 70.8 Å². The predicted octanol–water partition coefficient (Wildman–Crippen LogP) is 3.63. The second-order valence-corrected chi connectivity index (χ2v) is 7.90. The van der Waals surface area contributed by atoms with Gasteiger partial charge >= 0.3 is 0 Å². The molecule has 4 aliphatic rings. The number of fused-ring (bicyclic) bond motifs is 4. The van der Waals surface area contributed by atoms with Gasteiger partial charge in [0.2, 0.25) is 0 Å². The van der Waals surface area contributed by atoms with E-state index in [9.17, 15) is 9.90 Å². The highest BCUT2D eigenvalue weighted by Gasteiger charge is 2.54. The Morgan fingerprint density at radius 1 is 1.10 bits per heavy atom. The summed E-state index contributed by atoms with van der Waals surface area (Å²) in [6.07, 6.45) is 9.60. The van der Waals surface area contributed by atoms with Gasteiger partial charge in [-0.2, -0.15) is 0 Å². The first-order valence-corrected chi connectivity index (χ1v) is 8.50. The average molecular weight is 274 g/mol. The molecule has 2 nitrogen and oxygen atoms in total. The first-order valence-electron chi connectivity index (χ1n) is 8.50. The maximum atomic E-state index is 11.7. The van der Waals surface area contributed by atoms with Gasteiger partial charge in [-0.3, -0.25) is 4.79 Å². The highest BCUT2D eigenvalue weighted by Crippen LogP contribution is 2.60. The number of hydrogen-bond donors (Lipinski definition) is 1. The quantitative estimate of drug-likeness (QED) is 0.685. The van der Waals surface area contributed by atoms with Gasteiger partial charge in [0.05, 0.1) is 6.10 Å². The smallest absolute Gasteiger partial charge is 0.137 e. The van der Waals surface area contributed by atoms with E-state index in [1.165, 1.54) is 31.3 Å². The molecule has 0 aromatic rings. The van der Waals surface area contributed by atoms with Crippen LogP contribution in [0.3, 0.4) is 0 Å². The van der Waals surface area contributed by atoms with E-state index in [0.717, 1.165) is 49.9 Å². The fourth-order valence-electron chi connectivity index (χ4n) is 6.02. The van der Waals surface area contributed by atoms with Crippen LogP contribution < -0.4 is 0 Å². The van der Waals surface area contributed by atoms with Crippen LogP contribution in [0.1, 0.15) is 64.7 Å². The van der Waals surface area contributed by atoms with Crippen LogP contribution in [0, 0.1) is 23.2 Å². The topological polar surface area (TPSA) is 37.3 Å². The molecule has 0 bridgehead atoms.